The van der Waals surface area contributed by atoms with Gasteiger partial charge in [-0.25, -0.2) is 0 Å². The fourth-order valence-electron chi connectivity index (χ4n) is 3.67. The number of piperazine rings is 1. The summed E-state index contributed by atoms with van der Waals surface area (Å²) in [5.74, 6) is 0.964. The van der Waals surface area contributed by atoms with E-state index in [1.54, 1.807) is 7.11 Å². The van der Waals surface area contributed by atoms with Gasteiger partial charge >= 0.3 is 0 Å². The van der Waals surface area contributed by atoms with E-state index in [0.29, 0.717) is 45.6 Å². The Bertz CT molecular complexity index is 889. The van der Waals surface area contributed by atoms with Crippen molar-refractivity contribution in [2.24, 2.45) is 0 Å². The van der Waals surface area contributed by atoms with Crippen LogP contribution in [0.3, 0.4) is 0 Å². The molecular formula is C24H31N3O3. The van der Waals surface area contributed by atoms with Crippen molar-refractivity contribution >= 4 is 17.5 Å². The number of carbonyl (C=O) groups excluding carboxylic acids is 2. The normalized spacial score (nSPS) is 14.4. The monoisotopic (exact) mass is 409 g/mol. The third kappa shape index (κ3) is 5.83. The van der Waals surface area contributed by atoms with E-state index in [1.165, 1.54) is 0 Å². The van der Waals surface area contributed by atoms with Gasteiger partial charge in [-0.2, -0.15) is 0 Å². The topological polar surface area (TPSA) is 61.9 Å². The molecule has 2 aromatic carbocycles. The lowest BCUT2D eigenvalue weighted by atomic mass is 10.1. The number of benzene rings is 2. The van der Waals surface area contributed by atoms with E-state index in [9.17, 15) is 9.59 Å². The van der Waals surface area contributed by atoms with Gasteiger partial charge in [0.15, 0.2) is 0 Å². The van der Waals surface area contributed by atoms with Crippen LogP contribution >= 0.6 is 0 Å². The molecule has 2 amide bonds. The molecule has 6 nitrogen and oxygen atoms in total. The number of nitrogens with zero attached hydrogens (tertiary/aromatic N) is 2. The predicted octanol–water partition coefficient (Wildman–Crippen LogP) is 3.03. The Labute approximate surface area is 178 Å². The Balaban J connectivity index is 1.42. The molecule has 0 aromatic heterocycles. The molecule has 1 saturated heterocycles. The van der Waals surface area contributed by atoms with Crippen LogP contribution in [0.15, 0.2) is 42.5 Å². The second kappa shape index (κ2) is 10.3. The van der Waals surface area contributed by atoms with Gasteiger partial charge in [-0.1, -0.05) is 24.3 Å². The van der Waals surface area contributed by atoms with Gasteiger partial charge in [-0.3, -0.25) is 14.5 Å². The van der Waals surface area contributed by atoms with Gasteiger partial charge in [-0.05, 0) is 55.2 Å². The molecule has 0 atom stereocenters. The van der Waals surface area contributed by atoms with E-state index < -0.39 is 0 Å². The SMILES string of the molecule is COc1cccc(CCC(=O)N2CCN(CC(=O)Nc3cccc(C)c3C)CC2)c1. The summed E-state index contributed by atoms with van der Waals surface area (Å²) in [5.41, 5.74) is 4.22. The van der Waals surface area contributed by atoms with Crippen LogP contribution in [0.25, 0.3) is 0 Å². The minimum atomic E-state index is -0.0125. The lowest BCUT2D eigenvalue weighted by Crippen LogP contribution is -2.50. The standard InChI is InChI=1S/C24H31N3O3/c1-18-6-4-9-22(19(18)2)25-23(28)17-26-12-14-27(15-13-26)24(29)11-10-20-7-5-8-21(16-20)30-3/h4-9,16H,10-15,17H2,1-3H3,(H,25,28). The summed E-state index contributed by atoms with van der Waals surface area (Å²) in [6, 6.07) is 13.8. The van der Waals surface area contributed by atoms with Crippen LogP contribution in [0.1, 0.15) is 23.1 Å². The van der Waals surface area contributed by atoms with Crippen molar-refractivity contribution in [1.29, 1.82) is 0 Å². The Morgan fingerprint density at radius 3 is 2.50 bits per heavy atom. The molecule has 0 unspecified atom stereocenters. The van der Waals surface area contributed by atoms with Crippen LogP contribution in [-0.2, 0) is 16.0 Å². The van der Waals surface area contributed by atoms with Crippen LogP contribution < -0.4 is 10.1 Å². The van der Waals surface area contributed by atoms with Crippen molar-refractivity contribution in [3.63, 3.8) is 0 Å². The number of ether oxygens (including phenoxy) is 1. The summed E-state index contributed by atoms with van der Waals surface area (Å²) in [6.07, 6.45) is 1.19. The summed E-state index contributed by atoms with van der Waals surface area (Å²) in [7, 11) is 1.64. The van der Waals surface area contributed by atoms with Gasteiger partial charge in [-0.15, -0.1) is 0 Å². The third-order valence-electron chi connectivity index (χ3n) is 5.73. The maximum atomic E-state index is 12.6. The van der Waals surface area contributed by atoms with E-state index in [4.69, 9.17) is 4.74 Å². The lowest BCUT2D eigenvalue weighted by molar-refractivity contribution is -0.133. The van der Waals surface area contributed by atoms with E-state index >= 15 is 0 Å². The minimum Gasteiger partial charge on any atom is -0.497 e. The van der Waals surface area contributed by atoms with Gasteiger partial charge in [0, 0.05) is 38.3 Å². The molecule has 0 saturated carbocycles. The Morgan fingerprint density at radius 1 is 1.03 bits per heavy atom. The number of methoxy groups -OCH3 is 1. The highest BCUT2D eigenvalue weighted by Gasteiger charge is 2.22. The summed E-state index contributed by atoms with van der Waals surface area (Å²) >= 11 is 0. The highest BCUT2D eigenvalue weighted by Crippen LogP contribution is 2.18. The van der Waals surface area contributed by atoms with Gasteiger partial charge in [0.2, 0.25) is 11.8 Å². The molecule has 2 aromatic rings. The average molecular weight is 410 g/mol. The first-order valence-corrected chi connectivity index (χ1v) is 10.5. The van der Waals surface area contributed by atoms with E-state index in [0.717, 1.165) is 28.1 Å². The van der Waals surface area contributed by atoms with Crippen LogP contribution in [0, 0.1) is 13.8 Å². The molecule has 0 radical (unpaired) electrons. The molecule has 0 spiro atoms. The van der Waals surface area contributed by atoms with Crippen LogP contribution in [0.5, 0.6) is 5.75 Å². The van der Waals surface area contributed by atoms with Crippen LogP contribution in [0.4, 0.5) is 5.69 Å². The molecule has 1 N–H and O–H groups in total. The minimum absolute atomic E-state index is 0.0125. The maximum absolute atomic E-state index is 12.6. The molecule has 30 heavy (non-hydrogen) atoms. The summed E-state index contributed by atoms with van der Waals surface area (Å²) in [6.45, 7) is 7.15. The van der Waals surface area contributed by atoms with Crippen LogP contribution in [0.2, 0.25) is 0 Å². The second-order valence-corrected chi connectivity index (χ2v) is 7.80. The van der Waals surface area contributed by atoms with Crippen molar-refractivity contribution < 1.29 is 14.3 Å². The molecule has 6 heteroatoms. The average Bonchev–Trinajstić information content (AvgIpc) is 2.76. The van der Waals surface area contributed by atoms with Gasteiger partial charge in [0.05, 0.1) is 13.7 Å². The quantitative estimate of drug-likeness (QED) is 0.764. The fraction of sp³-hybridized carbons (Fsp3) is 0.417. The van der Waals surface area contributed by atoms with Gasteiger partial charge in [0.25, 0.3) is 0 Å². The Hall–Kier alpha value is -2.86. The number of hydrogen-bond acceptors (Lipinski definition) is 4. The third-order valence-corrected chi connectivity index (χ3v) is 5.73. The van der Waals surface area contributed by atoms with Crippen molar-refractivity contribution in [2.45, 2.75) is 26.7 Å². The fourth-order valence-corrected chi connectivity index (χ4v) is 3.67. The number of rotatable bonds is 7. The Morgan fingerprint density at radius 2 is 1.77 bits per heavy atom. The number of hydrogen-bond donors (Lipinski definition) is 1. The first-order valence-electron chi connectivity index (χ1n) is 10.5. The van der Waals surface area contributed by atoms with Gasteiger partial charge in [0.1, 0.15) is 5.75 Å². The zero-order valence-electron chi connectivity index (χ0n) is 18.1. The highest BCUT2D eigenvalue weighted by molar-refractivity contribution is 5.93. The van der Waals surface area contributed by atoms with Crippen molar-refractivity contribution in [2.75, 3.05) is 45.2 Å². The molecule has 160 valence electrons. The van der Waals surface area contributed by atoms with E-state index in [-0.39, 0.29) is 11.8 Å². The van der Waals surface area contributed by atoms with E-state index in [2.05, 4.69) is 10.2 Å². The van der Waals surface area contributed by atoms with Crippen molar-refractivity contribution in [1.82, 2.24) is 9.80 Å². The van der Waals surface area contributed by atoms with Crippen molar-refractivity contribution in [3.8, 4) is 5.75 Å². The smallest absolute Gasteiger partial charge is 0.238 e. The number of aryl methyl sites for hydroxylation is 2. The molecule has 1 aliphatic heterocycles. The van der Waals surface area contributed by atoms with Crippen molar-refractivity contribution in [3.05, 3.63) is 59.2 Å². The number of carbonyl (C=O) groups is 2. The largest absolute Gasteiger partial charge is 0.497 e. The van der Waals surface area contributed by atoms with Gasteiger partial charge < -0.3 is 15.0 Å². The number of nitrogens with one attached hydrogen (secondary N) is 1. The lowest BCUT2D eigenvalue weighted by Gasteiger charge is -2.34. The molecular weight excluding hydrogens is 378 g/mol. The Kier molecular flexibility index (Phi) is 7.46. The number of anilines is 1. The predicted molar refractivity (Wildman–Crippen MR) is 119 cm³/mol. The first kappa shape index (κ1) is 21.8. The summed E-state index contributed by atoms with van der Waals surface area (Å²) < 4.78 is 5.24. The second-order valence-electron chi connectivity index (χ2n) is 7.80. The summed E-state index contributed by atoms with van der Waals surface area (Å²) in [5, 5.41) is 3.01. The molecule has 1 aliphatic rings. The van der Waals surface area contributed by atoms with E-state index in [1.807, 2.05) is 61.2 Å². The molecule has 1 heterocycles. The maximum Gasteiger partial charge on any atom is 0.238 e. The zero-order chi connectivity index (χ0) is 21.5. The van der Waals surface area contributed by atoms with Crippen LogP contribution in [-0.4, -0.2) is 61.4 Å². The number of amides is 2. The highest BCUT2D eigenvalue weighted by atomic mass is 16.5. The molecule has 0 bridgehead atoms. The first-order chi connectivity index (χ1) is 14.5. The molecule has 1 fully saturated rings. The summed E-state index contributed by atoms with van der Waals surface area (Å²) in [4.78, 5) is 29.0. The molecule has 0 aliphatic carbocycles. The zero-order valence-corrected chi connectivity index (χ0v) is 18.1. The molecule has 3 rings (SSSR count).